The SMILES string of the molecule is CCOC(=O)C(C(=O)Cc1ccccc1F)C(C)C. The third-order valence-corrected chi connectivity index (χ3v) is 2.88. The molecule has 0 N–H and O–H groups in total. The van der Waals surface area contributed by atoms with Crippen molar-refractivity contribution in [2.24, 2.45) is 11.8 Å². The number of benzene rings is 1. The second-order valence-electron chi connectivity index (χ2n) is 4.71. The van der Waals surface area contributed by atoms with Gasteiger partial charge >= 0.3 is 5.97 Å². The lowest BCUT2D eigenvalue weighted by atomic mass is 9.88. The highest BCUT2D eigenvalue weighted by atomic mass is 19.1. The molecule has 0 heterocycles. The molecule has 1 rings (SSSR count). The lowest BCUT2D eigenvalue weighted by Gasteiger charge is -2.18. The summed E-state index contributed by atoms with van der Waals surface area (Å²) < 4.78 is 18.4. The van der Waals surface area contributed by atoms with E-state index in [0.29, 0.717) is 5.56 Å². The van der Waals surface area contributed by atoms with Crippen molar-refractivity contribution in [3.8, 4) is 0 Å². The maximum absolute atomic E-state index is 13.5. The van der Waals surface area contributed by atoms with Crippen LogP contribution in [0.4, 0.5) is 4.39 Å². The molecule has 0 fully saturated rings. The van der Waals surface area contributed by atoms with Gasteiger partial charge in [0.1, 0.15) is 11.7 Å². The van der Waals surface area contributed by atoms with E-state index in [2.05, 4.69) is 0 Å². The summed E-state index contributed by atoms with van der Waals surface area (Å²) in [6.45, 7) is 5.48. The van der Waals surface area contributed by atoms with Gasteiger partial charge in [-0.15, -0.1) is 0 Å². The first-order valence-corrected chi connectivity index (χ1v) is 6.40. The average Bonchev–Trinajstić information content (AvgIpc) is 2.32. The van der Waals surface area contributed by atoms with Gasteiger partial charge in [-0.3, -0.25) is 9.59 Å². The van der Waals surface area contributed by atoms with Crippen molar-refractivity contribution >= 4 is 11.8 Å². The molecule has 0 saturated carbocycles. The molecule has 0 radical (unpaired) electrons. The molecule has 0 spiro atoms. The van der Waals surface area contributed by atoms with E-state index in [0.717, 1.165) is 0 Å². The summed E-state index contributed by atoms with van der Waals surface area (Å²) in [7, 11) is 0. The van der Waals surface area contributed by atoms with Gasteiger partial charge in [-0.1, -0.05) is 32.0 Å². The molecule has 19 heavy (non-hydrogen) atoms. The maximum atomic E-state index is 13.5. The van der Waals surface area contributed by atoms with Gasteiger partial charge in [-0.25, -0.2) is 4.39 Å². The summed E-state index contributed by atoms with van der Waals surface area (Å²) in [5.74, 6) is -2.27. The molecule has 104 valence electrons. The molecule has 0 amide bonds. The van der Waals surface area contributed by atoms with E-state index in [-0.39, 0.29) is 24.7 Å². The minimum atomic E-state index is -0.834. The normalized spacial score (nSPS) is 12.3. The van der Waals surface area contributed by atoms with Crippen LogP contribution in [0.3, 0.4) is 0 Å². The number of esters is 1. The molecule has 3 nitrogen and oxygen atoms in total. The van der Waals surface area contributed by atoms with Crippen LogP contribution in [0, 0.1) is 17.7 Å². The number of carbonyl (C=O) groups is 2. The molecule has 4 heteroatoms. The first-order chi connectivity index (χ1) is 8.97. The van der Waals surface area contributed by atoms with Crippen molar-refractivity contribution < 1.29 is 18.7 Å². The molecular weight excluding hydrogens is 247 g/mol. The van der Waals surface area contributed by atoms with Gasteiger partial charge in [0, 0.05) is 6.42 Å². The van der Waals surface area contributed by atoms with Crippen LogP contribution in [-0.2, 0) is 20.7 Å². The predicted octanol–water partition coefficient (Wildman–Crippen LogP) is 2.77. The van der Waals surface area contributed by atoms with E-state index < -0.39 is 17.7 Å². The van der Waals surface area contributed by atoms with Gasteiger partial charge in [0.15, 0.2) is 5.78 Å². The Balaban J connectivity index is 2.84. The fourth-order valence-corrected chi connectivity index (χ4v) is 1.95. The van der Waals surface area contributed by atoms with Gasteiger partial charge < -0.3 is 4.74 Å². The number of ketones is 1. The number of rotatable bonds is 6. The van der Waals surface area contributed by atoms with E-state index in [9.17, 15) is 14.0 Å². The Morgan fingerprint density at radius 3 is 2.42 bits per heavy atom. The lowest BCUT2D eigenvalue weighted by molar-refractivity contribution is -0.153. The fraction of sp³-hybridized carbons (Fsp3) is 0.467. The van der Waals surface area contributed by atoms with Crippen LogP contribution in [-0.4, -0.2) is 18.4 Å². The molecule has 1 aromatic rings. The molecule has 0 aliphatic rings. The molecule has 0 saturated heterocycles. The molecule has 0 bridgehead atoms. The second-order valence-corrected chi connectivity index (χ2v) is 4.71. The van der Waals surface area contributed by atoms with Crippen LogP contribution in [0.5, 0.6) is 0 Å². The maximum Gasteiger partial charge on any atom is 0.316 e. The van der Waals surface area contributed by atoms with Crippen molar-refractivity contribution in [1.29, 1.82) is 0 Å². The van der Waals surface area contributed by atoms with E-state index >= 15 is 0 Å². The third-order valence-electron chi connectivity index (χ3n) is 2.88. The largest absolute Gasteiger partial charge is 0.465 e. The Hall–Kier alpha value is -1.71. The molecular formula is C15H19FO3. The number of hydrogen-bond donors (Lipinski definition) is 0. The quantitative estimate of drug-likeness (QED) is 0.587. The smallest absolute Gasteiger partial charge is 0.316 e. The van der Waals surface area contributed by atoms with E-state index in [1.807, 2.05) is 0 Å². The van der Waals surface area contributed by atoms with Crippen LogP contribution >= 0.6 is 0 Å². The Bertz CT molecular complexity index is 454. The Morgan fingerprint density at radius 2 is 1.89 bits per heavy atom. The highest BCUT2D eigenvalue weighted by Crippen LogP contribution is 2.18. The zero-order valence-corrected chi connectivity index (χ0v) is 11.5. The highest BCUT2D eigenvalue weighted by Gasteiger charge is 2.31. The highest BCUT2D eigenvalue weighted by molar-refractivity contribution is 6.00. The average molecular weight is 266 g/mol. The van der Waals surface area contributed by atoms with Crippen LogP contribution in [0.15, 0.2) is 24.3 Å². The van der Waals surface area contributed by atoms with Crippen molar-refractivity contribution in [2.45, 2.75) is 27.2 Å². The Labute approximate surface area is 112 Å². The first-order valence-electron chi connectivity index (χ1n) is 6.40. The molecule has 0 aromatic heterocycles. The van der Waals surface area contributed by atoms with E-state index in [1.165, 1.54) is 6.07 Å². The van der Waals surface area contributed by atoms with Crippen LogP contribution in [0.1, 0.15) is 26.3 Å². The minimum Gasteiger partial charge on any atom is -0.465 e. The number of ether oxygens (including phenoxy) is 1. The fourth-order valence-electron chi connectivity index (χ4n) is 1.95. The monoisotopic (exact) mass is 266 g/mol. The topological polar surface area (TPSA) is 43.4 Å². The molecule has 0 aliphatic carbocycles. The third kappa shape index (κ3) is 4.16. The summed E-state index contributed by atoms with van der Waals surface area (Å²) >= 11 is 0. The van der Waals surface area contributed by atoms with E-state index in [4.69, 9.17) is 4.74 Å². The van der Waals surface area contributed by atoms with Crippen molar-refractivity contribution in [1.82, 2.24) is 0 Å². The zero-order valence-electron chi connectivity index (χ0n) is 11.5. The lowest BCUT2D eigenvalue weighted by Crippen LogP contribution is -2.32. The van der Waals surface area contributed by atoms with Crippen LogP contribution in [0.2, 0.25) is 0 Å². The van der Waals surface area contributed by atoms with Gasteiger partial charge in [-0.05, 0) is 24.5 Å². The summed E-state index contributed by atoms with van der Waals surface area (Å²) in [4.78, 5) is 23.9. The second kappa shape index (κ2) is 7.02. The number of hydrogen-bond acceptors (Lipinski definition) is 3. The van der Waals surface area contributed by atoms with Crippen molar-refractivity contribution in [3.05, 3.63) is 35.6 Å². The first kappa shape index (κ1) is 15.3. The van der Waals surface area contributed by atoms with E-state index in [1.54, 1.807) is 39.0 Å². The Morgan fingerprint density at radius 1 is 1.26 bits per heavy atom. The van der Waals surface area contributed by atoms with Crippen molar-refractivity contribution in [3.63, 3.8) is 0 Å². The van der Waals surface area contributed by atoms with Crippen LogP contribution in [0.25, 0.3) is 0 Å². The molecule has 1 unspecified atom stereocenters. The summed E-state index contributed by atoms with van der Waals surface area (Å²) in [5.41, 5.74) is 0.308. The van der Waals surface area contributed by atoms with Gasteiger partial charge in [0.05, 0.1) is 6.61 Å². The molecule has 0 aliphatic heterocycles. The van der Waals surface area contributed by atoms with Crippen LogP contribution < -0.4 is 0 Å². The predicted molar refractivity (Wildman–Crippen MR) is 70.1 cm³/mol. The summed E-state index contributed by atoms with van der Waals surface area (Å²) in [6, 6.07) is 6.09. The number of Topliss-reactive ketones (excluding diaryl/α,β-unsaturated/α-hetero) is 1. The molecule has 1 atom stereocenters. The standard InChI is InChI=1S/C15H19FO3/c1-4-19-15(18)14(10(2)3)13(17)9-11-7-5-6-8-12(11)16/h5-8,10,14H,4,9H2,1-3H3. The number of halogens is 1. The van der Waals surface area contributed by atoms with Crippen molar-refractivity contribution in [2.75, 3.05) is 6.61 Å². The summed E-state index contributed by atoms with van der Waals surface area (Å²) in [5, 5.41) is 0. The van der Waals surface area contributed by atoms with Gasteiger partial charge in [0.25, 0.3) is 0 Å². The summed E-state index contributed by atoms with van der Waals surface area (Å²) in [6.07, 6.45) is -0.0890. The zero-order chi connectivity index (χ0) is 14.4. The minimum absolute atomic E-state index is 0.0890. The van der Waals surface area contributed by atoms with Gasteiger partial charge in [-0.2, -0.15) is 0 Å². The Kier molecular flexibility index (Phi) is 5.67. The molecule has 1 aromatic carbocycles. The number of carbonyl (C=O) groups excluding carboxylic acids is 2. The van der Waals surface area contributed by atoms with Gasteiger partial charge in [0.2, 0.25) is 0 Å².